The molecule has 1 heterocycles. The van der Waals surface area contributed by atoms with E-state index in [1.54, 1.807) is 7.11 Å². The van der Waals surface area contributed by atoms with E-state index in [1.165, 1.54) is 6.92 Å². The first kappa shape index (κ1) is 15.5. The molecule has 0 saturated carbocycles. The lowest BCUT2D eigenvalue weighted by molar-refractivity contribution is -0.151. The molecule has 0 aromatic heterocycles. The van der Waals surface area contributed by atoms with Crippen LogP contribution in [0.2, 0.25) is 0 Å². The molecule has 0 bridgehead atoms. The summed E-state index contributed by atoms with van der Waals surface area (Å²) >= 11 is 2.22. The van der Waals surface area contributed by atoms with Gasteiger partial charge < -0.3 is 19.9 Å². The fraction of sp³-hybridized carbons (Fsp3) is 0.500. The Kier molecular flexibility index (Phi) is 5.22. The largest absolute Gasteiger partial charge is 0.496 e. The number of aliphatic hydroxyl groups is 1. The Morgan fingerprint density at radius 3 is 2.90 bits per heavy atom. The summed E-state index contributed by atoms with van der Waals surface area (Å²) in [4.78, 5) is 11.1. The topological polar surface area (TPSA) is 67.8 Å². The van der Waals surface area contributed by atoms with Crippen molar-refractivity contribution in [2.75, 3.05) is 13.7 Å². The minimum absolute atomic E-state index is 0.0712. The van der Waals surface area contributed by atoms with E-state index in [0.717, 1.165) is 14.9 Å². The number of carbonyl (C=O) groups is 1. The van der Waals surface area contributed by atoms with Crippen LogP contribution in [0.1, 0.15) is 12.5 Å². The van der Waals surface area contributed by atoms with E-state index in [2.05, 4.69) is 27.9 Å². The lowest BCUT2D eigenvalue weighted by atomic mass is 10.0. The molecule has 3 atom stereocenters. The molecule has 0 amide bonds. The Balaban J connectivity index is 2.08. The summed E-state index contributed by atoms with van der Waals surface area (Å²) in [7, 11) is 1.64. The van der Waals surface area contributed by atoms with E-state index in [9.17, 15) is 9.90 Å². The smallest absolute Gasteiger partial charge is 0.303 e. The van der Waals surface area contributed by atoms with Crippen LogP contribution >= 0.6 is 22.6 Å². The maximum absolute atomic E-state index is 11.1. The third-order valence-electron chi connectivity index (χ3n) is 3.34. The van der Waals surface area contributed by atoms with E-state index in [4.69, 9.17) is 9.47 Å². The molecule has 2 N–H and O–H groups in total. The number of rotatable bonds is 4. The second-order valence-corrected chi connectivity index (χ2v) is 5.99. The molecule has 1 aromatic carbocycles. The van der Waals surface area contributed by atoms with Crippen LogP contribution in [0.5, 0.6) is 5.75 Å². The average Bonchev–Trinajstić information content (AvgIpc) is 2.71. The van der Waals surface area contributed by atoms with Gasteiger partial charge in [-0.1, -0.05) is 6.07 Å². The number of carbonyl (C=O) groups excluding carboxylic acids is 1. The standard InChI is InChI=1S/C14H18INO4/c1-8(17)20-14-11(16-7-12(14)18)6-9-3-4-13(19-2)10(15)5-9/h3-5,11-12,14,16,18H,6-7H2,1-2H3/t11-,12+,14+/m1/s1. The highest BCUT2D eigenvalue weighted by Crippen LogP contribution is 2.24. The van der Waals surface area contributed by atoms with E-state index in [-0.39, 0.29) is 12.0 Å². The zero-order chi connectivity index (χ0) is 14.7. The number of methoxy groups -OCH3 is 1. The third kappa shape index (κ3) is 3.62. The number of aliphatic hydroxyl groups excluding tert-OH is 1. The molecule has 1 aliphatic heterocycles. The van der Waals surface area contributed by atoms with Gasteiger partial charge >= 0.3 is 5.97 Å². The number of nitrogens with one attached hydrogen (secondary N) is 1. The minimum Gasteiger partial charge on any atom is -0.496 e. The van der Waals surface area contributed by atoms with Crippen molar-refractivity contribution in [1.82, 2.24) is 5.32 Å². The van der Waals surface area contributed by atoms with Crippen molar-refractivity contribution in [2.24, 2.45) is 0 Å². The zero-order valence-corrected chi connectivity index (χ0v) is 13.6. The van der Waals surface area contributed by atoms with Crippen LogP contribution in [0.4, 0.5) is 0 Å². The van der Waals surface area contributed by atoms with Gasteiger partial charge in [-0.25, -0.2) is 0 Å². The Labute approximate surface area is 131 Å². The molecule has 110 valence electrons. The number of hydrogen-bond donors (Lipinski definition) is 2. The van der Waals surface area contributed by atoms with Gasteiger partial charge in [0.25, 0.3) is 0 Å². The number of β-amino-alcohol motifs (C(OH)–C–C–N with tert-alkyl or cyclic N) is 1. The summed E-state index contributed by atoms with van der Waals surface area (Å²) in [6.45, 7) is 1.80. The quantitative estimate of drug-likeness (QED) is 0.595. The average molecular weight is 391 g/mol. The predicted octanol–water partition coefficient (Wildman–Crippen LogP) is 1.11. The molecular weight excluding hydrogens is 373 g/mol. The summed E-state index contributed by atoms with van der Waals surface area (Å²) in [5, 5.41) is 13.1. The molecule has 0 spiro atoms. The molecule has 1 saturated heterocycles. The van der Waals surface area contributed by atoms with Crippen LogP contribution in [0.25, 0.3) is 0 Å². The van der Waals surface area contributed by atoms with Crippen LogP contribution in [0.15, 0.2) is 18.2 Å². The highest BCUT2D eigenvalue weighted by Gasteiger charge is 2.37. The van der Waals surface area contributed by atoms with Crippen molar-refractivity contribution in [3.05, 3.63) is 27.3 Å². The maximum Gasteiger partial charge on any atom is 0.303 e. The summed E-state index contributed by atoms with van der Waals surface area (Å²) < 4.78 is 11.5. The van der Waals surface area contributed by atoms with E-state index in [1.807, 2.05) is 18.2 Å². The number of ether oxygens (including phenoxy) is 2. The molecule has 0 unspecified atom stereocenters. The van der Waals surface area contributed by atoms with Crippen molar-refractivity contribution in [3.63, 3.8) is 0 Å². The number of esters is 1. The van der Waals surface area contributed by atoms with Crippen LogP contribution in [0, 0.1) is 3.57 Å². The summed E-state index contributed by atoms with van der Waals surface area (Å²) in [5.41, 5.74) is 1.11. The fourth-order valence-electron chi connectivity index (χ4n) is 2.40. The minimum atomic E-state index is -0.652. The van der Waals surface area contributed by atoms with Crippen molar-refractivity contribution >= 4 is 28.6 Å². The lowest BCUT2D eigenvalue weighted by Crippen LogP contribution is -2.38. The number of halogens is 1. The van der Waals surface area contributed by atoms with Crippen LogP contribution in [0.3, 0.4) is 0 Å². The van der Waals surface area contributed by atoms with Crippen molar-refractivity contribution in [3.8, 4) is 5.75 Å². The predicted molar refractivity (Wildman–Crippen MR) is 82.8 cm³/mol. The molecule has 1 aliphatic rings. The van der Waals surface area contributed by atoms with Gasteiger partial charge in [0, 0.05) is 13.5 Å². The number of benzene rings is 1. The van der Waals surface area contributed by atoms with Gasteiger partial charge in [-0.05, 0) is 46.7 Å². The monoisotopic (exact) mass is 391 g/mol. The Morgan fingerprint density at radius 2 is 2.30 bits per heavy atom. The molecule has 6 heteroatoms. The first-order valence-corrected chi connectivity index (χ1v) is 7.50. The second-order valence-electron chi connectivity index (χ2n) is 4.83. The van der Waals surface area contributed by atoms with Crippen LogP contribution in [-0.4, -0.2) is 43.0 Å². The molecule has 0 aliphatic carbocycles. The fourth-order valence-corrected chi connectivity index (χ4v) is 3.20. The van der Waals surface area contributed by atoms with Crippen molar-refractivity contribution in [1.29, 1.82) is 0 Å². The molecule has 5 nitrogen and oxygen atoms in total. The van der Waals surface area contributed by atoms with E-state index >= 15 is 0 Å². The van der Waals surface area contributed by atoms with E-state index < -0.39 is 12.2 Å². The van der Waals surface area contributed by atoms with Gasteiger partial charge in [0.2, 0.25) is 0 Å². The summed E-state index contributed by atoms with van der Waals surface area (Å²) in [6.07, 6.45) is -0.455. The second kappa shape index (κ2) is 6.73. The normalized spacial score (nSPS) is 25.5. The summed E-state index contributed by atoms with van der Waals surface area (Å²) in [5.74, 6) is 0.470. The Bertz CT molecular complexity index is 494. The van der Waals surface area contributed by atoms with Gasteiger partial charge in [-0.3, -0.25) is 4.79 Å². The van der Waals surface area contributed by atoms with Crippen molar-refractivity contribution < 1.29 is 19.4 Å². The number of hydrogen-bond acceptors (Lipinski definition) is 5. The van der Waals surface area contributed by atoms with Crippen LogP contribution < -0.4 is 10.1 Å². The molecular formula is C14H18INO4. The first-order valence-electron chi connectivity index (χ1n) is 6.42. The Hall–Kier alpha value is -0.860. The highest BCUT2D eigenvalue weighted by molar-refractivity contribution is 14.1. The molecule has 2 rings (SSSR count). The Morgan fingerprint density at radius 1 is 1.55 bits per heavy atom. The van der Waals surface area contributed by atoms with Crippen molar-refractivity contribution in [2.45, 2.75) is 31.6 Å². The lowest BCUT2D eigenvalue weighted by Gasteiger charge is -2.21. The SMILES string of the molecule is COc1ccc(C[C@H]2NC[C@H](O)[C@H]2OC(C)=O)cc1I. The van der Waals surface area contributed by atoms with Crippen LogP contribution in [-0.2, 0) is 16.0 Å². The van der Waals surface area contributed by atoms with Gasteiger partial charge in [0.1, 0.15) is 18.0 Å². The third-order valence-corrected chi connectivity index (χ3v) is 4.18. The highest BCUT2D eigenvalue weighted by atomic mass is 127. The molecule has 1 fully saturated rings. The summed E-state index contributed by atoms with van der Waals surface area (Å²) in [6, 6.07) is 5.87. The van der Waals surface area contributed by atoms with Gasteiger partial charge in [-0.2, -0.15) is 0 Å². The van der Waals surface area contributed by atoms with Gasteiger partial charge in [0.15, 0.2) is 0 Å². The zero-order valence-electron chi connectivity index (χ0n) is 11.4. The molecule has 0 radical (unpaired) electrons. The van der Waals surface area contributed by atoms with Gasteiger partial charge in [-0.15, -0.1) is 0 Å². The van der Waals surface area contributed by atoms with Gasteiger partial charge in [0.05, 0.1) is 16.7 Å². The molecule has 1 aromatic rings. The molecule has 20 heavy (non-hydrogen) atoms. The maximum atomic E-state index is 11.1. The first-order chi connectivity index (χ1) is 9.51. The van der Waals surface area contributed by atoms with E-state index in [0.29, 0.717) is 13.0 Å².